The number of carbonyl (C=O) groups excluding carboxylic acids is 1. The number of benzene rings is 2. The standard InChI is InChI=1S/C15H12N2O/c18-15-11-16-10-12-6-4-5-9-14(12)17(15)13-7-2-1-3-8-13/h1-10H,11H2. The topological polar surface area (TPSA) is 32.7 Å². The number of para-hydroxylation sites is 2. The second-order valence-electron chi connectivity index (χ2n) is 4.09. The maximum atomic E-state index is 12.2. The van der Waals surface area contributed by atoms with Crippen molar-refractivity contribution in [2.45, 2.75) is 0 Å². The summed E-state index contributed by atoms with van der Waals surface area (Å²) in [6.45, 7) is 0.184. The molecule has 0 radical (unpaired) electrons. The molecule has 0 saturated carbocycles. The van der Waals surface area contributed by atoms with Gasteiger partial charge in [-0.05, 0) is 18.2 Å². The lowest BCUT2D eigenvalue weighted by Gasteiger charge is -2.22. The summed E-state index contributed by atoms with van der Waals surface area (Å²) in [5.74, 6) is -0.0117. The highest BCUT2D eigenvalue weighted by atomic mass is 16.2. The van der Waals surface area contributed by atoms with Gasteiger partial charge in [-0.1, -0.05) is 36.4 Å². The Morgan fingerprint density at radius 3 is 2.50 bits per heavy atom. The molecule has 0 spiro atoms. The van der Waals surface area contributed by atoms with Gasteiger partial charge in [0.2, 0.25) is 0 Å². The van der Waals surface area contributed by atoms with Crippen LogP contribution in [-0.2, 0) is 4.79 Å². The van der Waals surface area contributed by atoms with E-state index in [0.717, 1.165) is 16.9 Å². The number of rotatable bonds is 1. The van der Waals surface area contributed by atoms with E-state index >= 15 is 0 Å². The lowest BCUT2D eigenvalue weighted by atomic mass is 10.1. The van der Waals surface area contributed by atoms with E-state index in [-0.39, 0.29) is 12.5 Å². The molecule has 2 aromatic rings. The molecular formula is C15H12N2O. The Balaban J connectivity index is 2.17. The van der Waals surface area contributed by atoms with Crippen molar-refractivity contribution in [3.05, 3.63) is 60.2 Å². The summed E-state index contributed by atoms with van der Waals surface area (Å²) in [7, 11) is 0. The van der Waals surface area contributed by atoms with Gasteiger partial charge in [0, 0.05) is 17.5 Å². The lowest BCUT2D eigenvalue weighted by Crippen LogP contribution is -2.27. The van der Waals surface area contributed by atoms with Gasteiger partial charge < -0.3 is 0 Å². The van der Waals surface area contributed by atoms with E-state index in [1.165, 1.54) is 0 Å². The zero-order chi connectivity index (χ0) is 12.4. The number of benzodiazepines with no additional fused rings is 1. The molecule has 0 aromatic heterocycles. The molecule has 1 aliphatic rings. The molecule has 18 heavy (non-hydrogen) atoms. The zero-order valence-electron chi connectivity index (χ0n) is 9.78. The molecule has 2 aromatic carbocycles. The minimum atomic E-state index is -0.0117. The van der Waals surface area contributed by atoms with Gasteiger partial charge in [0.15, 0.2) is 0 Å². The van der Waals surface area contributed by atoms with E-state index in [1.807, 2.05) is 54.6 Å². The summed E-state index contributed by atoms with van der Waals surface area (Å²) in [6, 6.07) is 17.4. The first kappa shape index (κ1) is 10.7. The van der Waals surface area contributed by atoms with Crippen molar-refractivity contribution in [1.29, 1.82) is 0 Å². The Morgan fingerprint density at radius 1 is 0.944 bits per heavy atom. The van der Waals surface area contributed by atoms with Crippen molar-refractivity contribution >= 4 is 23.5 Å². The molecule has 0 fully saturated rings. The second kappa shape index (κ2) is 4.45. The Morgan fingerprint density at radius 2 is 1.67 bits per heavy atom. The summed E-state index contributed by atoms with van der Waals surface area (Å²) in [6.07, 6.45) is 1.76. The van der Waals surface area contributed by atoms with Gasteiger partial charge in [-0.15, -0.1) is 0 Å². The molecule has 3 rings (SSSR count). The molecule has 3 heteroatoms. The van der Waals surface area contributed by atoms with Crippen molar-refractivity contribution in [1.82, 2.24) is 0 Å². The summed E-state index contributed by atoms with van der Waals surface area (Å²) in [4.78, 5) is 18.1. The molecule has 88 valence electrons. The maximum Gasteiger partial charge on any atom is 0.253 e. The fraction of sp³-hybridized carbons (Fsp3) is 0.0667. The molecule has 0 unspecified atom stereocenters. The third-order valence-electron chi connectivity index (χ3n) is 2.90. The number of fused-ring (bicyclic) bond motifs is 1. The number of nitrogens with zero attached hydrogens (tertiary/aromatic N) is 2. The van der Waals surface area contributed by atoms with Gasteiger partial charge in [-0.2, -0.15) is 0 Å². The van der Waals surface area contributed by atoms with E-state index in [1.54, 1.807) is 11.1 Å². The quantitative estimate of drug-likeness (QED) is 0.749. The Labute approximate surface area is 105 Å². The van der Waals surface area contributed by atoms with E-state index in [4.69, 9.17) is 0 Å². The van der Waals surface area contributed by atoms with Crippen LogP contribution in [-0.4, -0.2) is 18.7 Å². The first-order valence-electron chi connectivity index (χ1n) is 5.83. The van der Waals surface area contributed by atoms with Crippen LogP contribution in [0.5, 0.6) is 0 Å². The van der Waals surface area contributed by atoms with Crippen LogP contribution in [0.4, 0.5) is 11.4 Å². The SMILES string of the molecule is O=C1CN=Cc2ccccc2N1c1ccccc1. The Bertz CT molecular complexity index is 605. The van der Waals surface area contributed by atoms with E-state index in [0.29, 0.717) is 0 Å². The first-order valence-corrected chi connectivity index (χ1v) is 5.83. The van der Waals surface area contributed by atoms with E-state index in [2.05, 4.69) is 4.99 Å². The largest absolute Gasteiger partial charge is 0.283 e. The molecule has 0 saturated heterocycles. The van der Waals surface area contributed by atoms with Gasteiger partial charge in [-0.3, -0.25) is 14.7 Å². The van der Waals surface area contributed by atoms with Crippen LogP contribution in [0.25, 0.3) is 0 Å². The summed E-state index contributed by atoms with van der Waals surface area (Å²) >= 11 is 0. The van der Waals surface area contributed by atoms with Crippen molar-refractivity contribution in [2.24, 2.45) is 4.99 Å². The number of aliphatic imine (C=N–C) groups is 1. The summed E-state index contributed by atoms with van der Waals surface area (Å²) in [5.41, 5.74) is 2.72. The molecule has 3 nitrogen and oxygen atoms in total. The molecule has 1 heterocycles. The van der Waals surface area contributed by atoms with Crippen LogP contribution < -0.4 is 4.90 Å². The lowest BCUT2D eigenvalue weighted by molar-refractivity contribution is -0.116. The van der Waals surface area contributed by atoms with Crippen LogP contribution >= 0.6 is 0 Å². The van der Waals surface area contributed by atoms with Gasteiger partial charge >= 0.3 is 0 Å². The van der Waals surface area contributed by atoms with E-state index in [9.17, 15) is 4.79 Å². The molecule has 0 atom stereocenters. The second-order valence-corrected chi connectivity index (χ2v) is 4.09. The minimum Gasteiger partial charge on any atom is -0.283 e. The summed E-state index contributed by atoms with van der Waals surface area (Å²) in [5, 5.41) is 0. The number of hydrogen-bond donors (Lipinski definition) is 0. The van der Waals surface area contributed by atoms with Gasteiger partial charge in [0.1, 0.15) is 6.54 Å². The average molecular weight is 236 g/mol. The molecule has 1 aliphatic heterocycles. The van der Waals surface area contributed by atoms with Crippen molar-refractivity contribution in [3.63, 3.8) is 0 Å². The fourth-order valence-corrected chi connectivity index (χ4v) is 2.09. The number of amides is 1. The summed E-state index contributed by atoms with van der Waals surface area (Å²) < 4.78 is 0. The highest BCUT2D eigenvalue weighted by molar-refractivity contribution is 6.08. The van der Waals surface area contributed by atoms with Crippen molar-refractivity contribution in [2.75, 3.05) is 11.4 Å². The third kappa shape index (κ3) is 1.80. The van der Waals surface area contributed by atoms with Gasteiger partial charge in [0.25, 0.3) is 5.91 Å². The minimum absolute atomic E-state index is 0.0117. The van der Waals surface area contributed by atoms with Crippen molar-refractivity contribution in [3.8, 4) is 0 Å². The number of hydrogen-bond acceptors (Lipinski definition) is 2. The zero-order valence-corrected chi connectivity index (χ0v) is 9.78. The molecule has 0 bridgehead atoms. The monoisotopic (exact) mass is 236 g/mol. The smallest absolute Gasteiger partial charge is 0.253 e. The number of anilines is 2. The highest BCUT2D eigenvalue weighted by Crippen LogP contribution is 2.29. The average Bonchev–Trinajstić information content (AvgIpc) is 2.58. The normalized spacial score (nSPS) is 14.2. The molecular weight excluding hydrogens is 224 g/mol. The predicted octanol–water partition coefficient (Wildman–Crippen LogP) is 2.78. The van der Waals surface area contributed by atoms with Crippen LogP contribution in [0, 0.1) is 0 Å². The van der Waals surface area contributed by atoms with Crippen LogP contribution in [0.1, 0.15) is 5.56 Å². The Hall–Kier alpha value is -2.42. The van der Waals surface area contributed by atoms with E-state index < -0.39 is 0 Å². The van der Waals surface area contributed by atoms with Gasteiger partial charge in [0.05, 0.1) is 5.69 Å². The maximum absolute atomic E-state index is 12.2. The first-order chi connectivity index (χ1) is 8.86. The predicted molar refractivity (Wildman–Crippen MR) is 72.5 cm³/mol. The Kier molecular flexibility index (Phi) is 2.65. The van der Waals surface area contributed by atoms with Crippen LogP contribution in [0.2, 0.25) is 0 Å². The van der Waals surface area contributed by atoms with Crippen molar-refractivity contribution < 1.29 is 4.79 Å². The highest BCUT2D eigenvalue weighted by Gasteiger charge is 2.21. The molecule has 0 N–H and O–H groups in total. The molecule has 1 amide bonds. The molecule has 0 aliphatic carbocycles. The number of carbonyl (C=O) groups is 1. The fourth-order valence-electron chi connectivity index (χ4n) is 2.09. The van der Waals surface area contributed by atoms with Crippen LogP contribution in [0.15, 0.2) is 59.6 Å². The van der Waals surface area contributed by atoms with Gasteiger partial charge in [-0.25, -0.2) is 0 Å². The van der Waals surface area contributed by atoms with Crippen LogP contribution in [0.3, 0.4) is 0 Å². The third-order valence-corrected chi connectivity index (χ3v) is 2.90.